The Balaban J connectivity index is 1.71. The second-order valence-corrected chi connectivity index (χ2v) is 6.07. The Labute approximate surface area is 160 Å². The van der Waals surface area contributed by atoms with Gasteiger partial charge in [-0.3, -0.25) is 14.3 Å². The Morgan fingerprint density at radius 2 is 1.61 bits per heavy atom. The summed E-state index contributed by atoms with van der Waals surface area (Å²) in [6.07, 6.45) is 1.92. The van der Waals surface area contributed by atoms with Gasteiger partial charge in [0.2, 0.25) is 5.91 Å². The molecule has 6 nitrogen and oxygen atoms in total. The lowest BCUT2D eigenvalue weighted by molar-refractivity contribution is -0.119. The molecule has 0 radical (unpaired) electrons. The summed E-state index contributed by atoms with van der Waals surface area (Å²) in [5.74, 6) is -1.83. The number of nitrogens with one attached hydrogen (secondary N) is 2. The topological polar surface area (TPSA) is 76.0 Å². The molecule has 2 N–H and O–H groups in total. The van der Waals surface area contributed by atoms with E-state index in [1.807, 2.05) is 0 Å². The number of carbonyl (C=O) groups excluding carboxylic acids is 2. The van der Waals surface area contributed by atoms with Crippen molar-refractivity contribution in [2.75, 3.05) is 10.6 Å². The molecule has 0 aliphatic rings. The van der Waals surface area contributed by atoms with Gasteiger partial charge < -0.3 is 10.6 Å². The molecule has 2 aromatic carbocycles. The zero-order chi connectivity index (χ0) is 20.1. The summed E-state index contributed by atoms with van der Waals surface area (Å²) in [6.45, 7) is 1.80. The Kier molecular flexibility index (Phi) is 5.78. The van der Waals surface area contributed by atoms with E-state index in [2.05, 4.69) is 15.7 Å². The average Bonchev–Trinajstić information content (AvgIpc) is 3.12. The van der Waals surface area contributed by atoms with Crippen molar-refractivity contribution in [3.8, 4) is 0 Å². The van der Waals surface area contributed by atoms with E-state index in [4.69, 9.17) is 0 Å². The molecule has 0 saturated carbocycles. The van der Waals surface area contributed by atoms with Gasteiger partial charge in [-0.25, -0.2) is 8.78 Å². The number of anilines is 2. The number of halogens is 2. The van der Waals surface area contributed by atoms with Crippen LogP contribution in [0.1, 0.15) is 29.9 Å². The summed E-state index contributed by atoms with van der Waals surface area (Å²) in [7, 11) is 0. The second-order valence-electron chi connectivity index (χ2n) is 6.07. The minimum absolute atomic E-state index is 0.0845. The minimum atomic E-state index is -0.681. The average molecular weight is 384 g/mol. The fraction of sp³-hybridized carbons (Fsp3) is 0.150. The highest BCUT2D eigenvalue weighted by Crippen LogP contribution is 2.17. The van der Waals surface area contributed by atoms with Crippen molar-refractivity contribution in [3.63, 3.8) is 0 Å². The second kappa shape index (κ2) is 8.43. The zero-order valence-electron chi connectivity index (χ0n) is 15.0. The van der Waals surface area contributed by atoms with Crippen molar-refractivity contribution >= 4 is 23.2 Å². The fourth-order valence-corrected chi connectivity index (χ4v) is 2.68. The molecule has 3 aromatic rings. The largest absolute Gasteiger partial charge is 0.324 e. The van der Waals surface area contributed by atoms with Crippen molar-refractivity contribution in [3.05, 3.63) is 78.1 Å². The van der Waals surface area contributed by atoms with Crippen molar-refractivity contribution in [2.45, 2.75) is 19.4 Å². The lowest BCUT2D eigenvalue weighted by atomic mass is 10.2. The molecule has 0 fully saturated rings. The number of hydrogen-bond donors (Lipinski definition) is 2. The summed E-state index contributed by atoms with van der Waals surface area (Å²) in [5, 5.41) is 9.34. The standard InChI is InChI=1S/C20H18F2N4O2/c1-2-18(20(28)24-16-8-4-6-14(22)12-16)26-10-9-17(25-26)19(27)23-15-7-3-5-13(21)11-15/h3-12,18H,2H2,1H3,(H,23,27)(H,24,28)/t18-/m0/s1. The van der Waals surface area contributed by atoms with Crippen LogP contribution in [0.5, 0.6) is 0 Å². The minimum Gasteiger partial charge on any atom is -0.324 e. The number of rotatable bonds is 6. The molecular formula is C20H18F2N4O2. The SMILES string of the molecule is CC[C@@H](C(=O)Nc1cccc(F)c1)n1ccc(C(=O)Nc2cccc(F)c2)n1. The van der Waals surface area contributed by atoms with Gasteiger partial charge in [-0.05, 0) is 48.9 Å². The quantitative estimate of drug-likeness (QED) is 0.674. The molecule has 2 amide bonds. The number of nitrogens with zero attached hydrogens (tertiary/aromatic N) is 2. The first-order valence-electron chi connectivity index (χ1n) is 8.64. The van der Waals surface area contributed by atoms with Crippen molar-refractivity contribution in [1.29, 1.82) is 0 Å². The molecule has 0 aliphatic carbocycles. The molecule has 28 heavy (non-hydrogen) atoms. The number of benzene rings is 2. The van der Waals surface area contributed by atoms with E-state index < -0.39 is 23.6 Å². The maximum absolute atomic E-state index is 13.3. The van der Waals surface area contributed by atoms with E-state index in [0.29, 0.717) is 17.8 Å². The first-order valence-corrected chi connectivity index (χ1v) is 8.64. The molecule has 0 saturated heterocycles. The predicted octanol–water partition coefficient (Wildman–Crippen LogP) is 4.00. The first-order chi connectivity index (χ1) is 13.5. The third-order valence-electron chi connectivity index (χ3n) is 4.02. The predicted molar refractivity (Wildman–Crippen MR) is 101 cm³/mol. The summed E-state index contributed by atoms with van der Waals surface area (Å²) in [5.41, 5.74) is 0.719. The van der Waals surface area contributed by atoms with E-state index >= 15 is 0 Å². The van der Waals surface area contributed by atoms with E-state index in [9.17, 15) is 18.4 Å². The van der Waals surface area contributed by atoms with Crippen molar-refractivity contribution in [2.24, 2.45) is 0 Å². The van der Waals surface area contributed by atoms with Gasteiger partial charge in [-0.1, -0.05) is 19.1 Å². The lowest BCUT2D eigenvalue weighted by Crippen LogP contribution is -2.26. The number of aromatic nitrogens is 2. The van der Waals surface area contributed by atoms with Crippen molar-refractivity contribution in [1.82, 2.24) is 9.78 Å². The molecule has 1 heterocycles. The molecule has 3 rings (SSSR count). The van der Waals surface area contributed by atoms with Crippen LogP contribution in [-0.4, -0.2) is 21.6 Å². The molecule has 0 spiro atoms. The van der Waals surface area contributed by atoms with Gasteiger partial charge in [0.05, 0.1) is 0 Å². The third-order valence-corrected chi connectivity index (χ3v) is 4.02. The first kappa shape index (κ1) is 19.2. The maximum atomic E-state index is 13.3. The van der Waals surface area contributed by atoms with Gasteiger partial charge in [0, 0.05) is 17.6 Å². The smallest absolute Gasteiger partial charge is 0.276 e. The number of amides is 2. The highest BCUT2D eigenvalue weighted by atomic mass is 19.1. The van der Waals surface area contributed by atoms with Gasteiger partial charge in [0.1, 0.15) is 17.7 Å². The van der Waals surface area contributed by atoms with Crippen molar-refractivity contribution < 1.29 is 18.4 Å². The molecule has 0 aliphatic heterocycles. The highest BCUT2D eigenvalue weighted by molar-refractivity contribution is 6.02. The third kappa shape index (κ3) is 4.59. The van der Waals surface area contributed by atoms with E-state index in [1.54, 1.807) is 19.1 Å². The Morgan fingerprint density at radius 3 is 2.18 bits per heavy atom. The van der Waals surface area contributed by atoms with Crippen LogP contribution in [0.4, 0.5) is 20.2 Å². The number of hydrogen-bond acceptors (Lipinski definition) is 3. The van der Waals surface area contributed by atoms with Crippen LogP contribution in [0.25, 0.3) is 0 Å². The summed E-state index contributed by atoms with van der Waals surface area (Å²) < 4.78 is 27.9. The highest BCUT2D eigenvalue weighted by Gasteiger charge is 2.21. The van der Waals surface area contributed by atoms with Crippen LogP contribution in [0, 0.1) is 11.6 Å². The molecule has 0 bridgehead atoms. The maximum Gasteiger partial charge on any atom is 0.276 e. The monoisotopic (exact) mass is 384 g/mol. The van der Waals surface area contributed by atoms with Crippen LogP contribution in [0.3, 0.4) is 0 Å². The van der Waals surface area contributed by atoms with Crippen LogP contribution >= 0.6 is 0 Å². The van der Waals surface area contributed by atoms with Gasteiger partial charge in [0.15, 0.2) is 5.69 Å². The Bertz CT molecular complexity index is 1000. The molecule has 8 heteroatoms. The van der Waals surface area contributed by atoms with Crippen LogP contribution < -0.4 is 10.6 Å². The molecule has 1 aromatic heterocycles. The van der Waals surface area contributed by atoms with E-state index in [0.717, 1.165) is 0 Å². The number of carbonyl (C=O) groups is 2. The molecule has 144 valence electrons. The summed E-state index contributed by atoms with van der Waals surface area (Å²) in [6, 6.07) is 11.8. The zero-order valence-corrected chi connectivity index (χ0v) is 15.0. The van der Waals surface area contributed by atoms with Gasteiger partial charge >= 0.3 is 0 Å². The molecule has 0 unspecified atom stereocenters. The van der Waals surface area contributed by atoms with Gasteiger partial charge in [0.25, 0.3) is 5.91 Å². The lowest BCUT2D eigenvalue weighted by Gasteiger charge is -2.15. The Morgan fingerprint density at radius 1 is 1.00 bits per heavy atom. The summed E-state index contributed by atoms with van der Waals surface area (Å²) >= 11 is 0. The van der Waals surface area contributed by atoms with E-state index in [1.165, 1.54) is 53.3 Å². The van der Waals surface area contributed by atoms with Gasteiger partial charge in [-0.2, -0.15) is 5.10 Å². The van der Waals surface area contributed by atoms with Crippen LogP contribution in [0.15, 0.2) is 60.8 Å². The Hall–Kier alpha value is -3.55. The molecular weight excluding hydrogens is 366 g/mol. The molecule has 1 atom stereocenters. The normalized spacial score (nSPS) is 11.7. The van der Waals surface area contributed by atoms with Gasteiger partial charge in [-0.15, -0.1) is 0 Å². The van der Waals surface area contributed by atoms with E-state index in [-0.39, 0.29) is 11.6 Å². The summed E-state index contributed by atoms with van der Waals surface area (Å²) in [4.78, 5) is 24.8. The van der Waals surface area contributed by atoms with Crippen LogP contribution in [-0.2, 0) is 4.79 Å². The fourth-order valence-electron chi connectivity index (χ4n) is 2.68. The van der Waals surface area contributed by atoms with Crippen LogP contribution in [0.2, 0.25) is 0 Å².